The Balaban J connectivity index is 2.79. The number of nitrogens with one attached hydrogen (secondary N) is 1. The molecule has 15 heavy (non-hydrogen) atoms. The molecule has 2 heterocycles. The topological polar surface area (TPSA) is 101 Å². The first-order valence-electron chi connectivity index (χ1n) is 4.48. The summed E-state index contributed by atoms with van der Waals surface area (Å²) in [5, 5.41) is 22.8. The summed E-state index contributed by atoms with van der Waals surface area (Å²) in [6.45, 7) is 3.60. The minimum absolute atomic E-state index is 0.178. The lowest BCUT2D eigenvalue weighted by Crippen LogP contribution is -2.10. The summed E-state index contributed by atoms with van der Waals surface area (Å²) in [6.07, 6.45) is 0. The van der Waals surface area contributed by atoms with E-state index < -0.39 is 0 Å². The molecule has 2 aromatic rings. The van der Waals surface area contributed by atoms with Gasteiger partial charge in [-0.15, -0.1) is 5.10 Å². The van der Waals surface area contributed by atoms with Gasteiger partial charge in [-0.25, -0.2) is 0 Å². The van der Waals surface area contributed by atoms with Gasteiger partial charge in [0, 0.05) is 5.69 Å². The average molecular weight is 208 g/mol. The number of aliphatic hydroxyl groups excluding tert-OH is 1. The van der Waals surface area contributed by atoms with E-state index >= 15 is 0 Å². The van der Waals surface area contributed by atoms with Crippen molar-refractivity contribution in [1.82, 2.24) is 20.0 Å². The normalized spacial score (nSPS) is 10.9. The average Bonchev–Trinajstić information content (AvgIpc) is 2.70. The molecular weight excluding hydrogens is 196 g/mol. The summed E-state index contributed by atoms with van der Waals surface area (Å²) in [4.78, 5) is 0. The largest absolute Gasteiger partial charge is 0.394 e. The van der Waals surface area contributed by atoms with E-state index in [2.05, 4.69) is 20.8 Å². The lowest BCUT2D eigenvalue weighted by atomic mass is 10.1. The van der Waals surface area contributed by atoms with E-state index in [1.165, 1.54) is 0 Å². The number of aryl methyl sites for hydroxylation is 1. The van der Waals surface area contributed by atoms with Gasteiger partial charge in [0.15, 0.2) is 0 Å². The van der Waals surface area contributed by atoms with Crippen molar-refractivity contribution in [1.29, 1.82) is 0 Å². The van der Waals surface area contributed by atoms with Crippen LogP contribution in [0.15, 0.2) is 0 Å². The minimum Gasteiger partial charge on any atom is -0.394 e. The van der Waals surface area contributed by atoms with Crippen molar-refractivity contribution in [3.8, 4) is 0 Å². The summed E-state index contributed by atoms with van der Waals surface area (Å²) in [5.74, 6) is 0. The van der Waals surface area contributed by atoms with Gasteiger partial charge in [-0.1, -0.05) is 0 Å². The third kappa shape index (κ3) is 1.28. The number of nitrogens with two attached hydrogens (primary N) is 1. The van der Waals surface area contributed by atoms with Gasteiger partial charge in [0.05, 0.1) is 5.69 Å². The van der Waals surface area contributed by atoms with Crippen LogP contribution in [0.1, 0.15) is 11.3 Å². The molecule has 0 aliphatic heterocycles. The molecule has 7 heteroatoms. The molecule has 0 unspecified atom stereocenters. The zero-order valence-electron chi connectivity index (χ0n) is 8.52. The highest BCUT2D eigenvalue weighted by atomic mass is 16.3. The van der Waals surface area contributed by atoms with E-state index in [1.807, 2.05) is 13.8 Å². The first-order chi connectivity index (χ1) is 7.16. The Hall–Kier alpha value is -1.89. The maximum atomic E-state index is 8.86. The molecule has 0 amide bonds. The second-order valence-corrected chi connectivity index (χ2v) is 3.25. The molecule has 0 aliphatic rings. The Morgan fingerprint density at radius 2 is 2.20 bits per heavy atom. The summed E-state index contributed by atoms with van der Waals surface area (Å²) in [6, 6.07) is 0. The van der Waals surface area contributed by atoms with Crippen molar-refractivity contribution in [3.63, 3.8) is 0 Å². The molecule has 0 saturated heterocycles. The number of aromatic nitrogens is 4. The van der Waals surface area contributed by atoms with Crippen LogP contribution in [0.2, 0.25) is 0 Å². The molecule has 0 fully saturated rings. The van der Waals surface area contributed by atoms with Crippen molar-refractivity contribution in [3.05, 3.63) is 11.3 Å². The van der Waals surface area contributed by atoms with E-state index in [0.717, 1.165) is 11.3 Å². The van der Waals surface area contributed by atoms with Crippen molar-refractivity contribution >= 4 is 17.0 Å². The Labute approximate surface area is 85.9 Å². The van der Waals surface area contributed by atoms with Crippen LogP contribution in [0.5, 0.6) is 0 Å². The third-order valence-electron chi connectivity index (χ3n) is 2.47. The predicted octanol–water partition coefficient (Wildman–Crippen LogP) is -0.315. The van der Waals surface area contributed by atoms with Crippen LogP contribution < -0.4 is 11.1 Å². The van der Waals surface area contributed by atoms with E-state index in [0.29, 0.717) is 17.0 Å². The second-order valence-electron chi connectivity index (χ2n) is 3.25. The number of hydrogen-bond donors (Lipinski definition) is 3. The summed E-state index contributed by atoms with van der Waals surface area (Å²) in [5.41, 5.74) is 9.30. The predicted molar refractivity (Wildman–Crippen MR) is 55.4 cm³/mol. The van der Waals surface area contributed by atoms with Crippen LogP contribution in [-0.4, -0.2) is 31.9 Å². The lowest BCUT2D eigenvalue weighted by Gasteiger charge is -2.13. The first-order valence-corrected chi connectivity index (χ1v) is 4.48. The SMILES string of the molecule is Cc1c(NCO)c(N)c2nnnn2c1C. The highest BCUT2D eigenvalue weighted by Gasteiger charge is 2.14. The van der Waals surface area contributed by atoms with Gasteiger partial charge in [-0.2, -0.15) is 4.52 Å². The molecule has 80 valence electrons. The molecule has 0 radical (unpaired) electrons. The monoisotopic (exact) mass is 208 g/mol. The fraction of sp³-hybridized carbons (Fsp3) is 0.375. The Kier molecular flexibility index (Phi) is 2.16. The van der Waals surface area contributed by atoms with Crippen molar-refractivity contribution < 1.29 is 5.11 Å². The van der Waals surface area contributed by atoms with Gasteiger partial charge in [-0.05, 0) is 29.8 Å². The fourth-order valence-electron chi connectivity index (χ4n) is 1.54. The maximum absolute atomic E-state index is 8.86. The zero-order chi connectivity index (χ0) is 11.0. The van der Waals surface area contributed by atoms with Gasteiger partial charge >= 0.3 is 0 Å². The molecule has 0 spiro atoms. The number of tetrazole rings is 1. The molecule has 0 atom stereocenters. The summed E-state index contributed by atoms with van der Waals surface area (Å²) >= 11 is 0. The molecule has 2 aromatic heterocycles. The number of rotatable bonds is 2. The van der Waals surface area contributed by atoms with Crippen LogP contribution in [0.3, 0.4) is 0 Å². The summed E-state index contributed by atoms with van der Waals surface area (Å²) < 4.78 is 1.58. The number of anilines is 2. The highest BCUT2D eigenvalue weighted by Crippen LogP contribution is 2.28. The van der Waals surface area contributed by atoms with Crippen LogP contribution >= 0.6 is 0 Å². The molecule has 7 nitrogen and oxygen atoms in total. The molecule has 0 aliphatic carbocycles. The maximum Gasteiger partial charge on any atom is 0.204 e. The van der Waals surface area contributed by atoms with Crippen LogP contribution in [0, 0.1) is 13.8 Å². The van der Waals surface area contributed by atoms with Gasteiger partial charge in [0.25, 0.3) is 0 Å². The van der Waals surface area contributed by atoms with Crippen molar-refractivity contribution in [2.24, 2.45) is 0 Å². The number of nitrogen functional groups attached to an aromatic ring is 1. The first kappa shape index (κ1) is 9.66. The third-order valence-corrected chi connectivity index (χ3v) is 2.47. The van der Waals surface area contributed by atoms with Gasteiger partial charge in [-0.3, -0.25) is 0 Å². The molecular formula is C8H12N6O. The lowest BCUT2D eigenvalue weighted by molar-refractivity contribution is 0.325. The van der Waals surface area contributed by atoms with Crippen molar-refractivity contribution in [2.75, 3.05) is 17.8 Å². The standard InChI is InChI=1S/C8H12N6O/c1-4-5(2)14-8(11-12-13-14)6(9)7(4)10-3-15/h10,15H,3,9H2,1-2H3. The van der Waals surface area contributed by atoms with E-state index in [9.17, 15) is 0 Å². The highest BCUT2D eigenvalue weighted by molar-refractivity contribution is 5.82. The fourth-order valence-corrected chi connectivity index (χ4v) is 1.54. The van der Waals surface area contributed by atoms with Crippen LogP contribution in [-0.2, 0) is 0 Å². The van der Waals surface area contributed by atoms with Gasteiger partial charge in [0.2, 0.25) is 5.65 Å². The van der Waals surface area contributed by atoms with Gasteiger partial charge < -0.3 is 16.2 Å². The molecule has 0 saturated carbocycles. The van der Waals surface area contributed by atoms with Crippen LogP contribution in [0.25, 0.3) is 5.65 Å². The van der Waals surface area contributed by atoms with Crippen LogP contribution in [0.4, 0.5) is 11.4 Å². The van der Waals surface area contributed by atoms with Crippen molar-refractivity contribution in [2.45, 2.75) is 13.8 Å². The summed E-state index contributed by atoms with van der Waals surface area (Å²) in [7, 11) is 0. The Morgan fingerprint density at radius 3 is 2.87 bits per heavy atom. The number of nitrogens with zero attached hydrogens (tertiary/aromatic N) is 4. The Bertz CT molecular complexity index is 505. The number of pyridine rings is 1. The molecule has 0 aromatic carbocycles. The van der Waals surface area contributed by atoms with Gasteiger partial charge in [0.1, 0.15) is 12.4 Å². The number of fused-ring (bicyclic) bond motifs is 1. The van der Waals surface area contributed by atoms with E-state index in [-0.39, 0.29) is 6.73 Å². The second kappa shape index (κ2) is 3.35. The zero-order valence-corrected chi connectivity index (χ0v) is 8.52. The van der Waals surface area contributed by atoms with E-state index in [1.54, 1.807) is 4.52 Å². The molecule has 2 rings (SSSR count). The smallest absolute Gasteiger partial charge is 0.204 e. The number of hydrogen-bond acceptors (Lipinski definition) is 6. The Morgan fingerprint density at radius 1 is 1.47 bits per heavy atom. The van der Waals surface area contributed by atoms with E-state index in [4.69, 9.17) is 10.8 Å². The quantitative estimate of drug-likeness (QED) is 0.585. The minimum atomic E-state index is -0.178. The molecule has 4 N–H and O–H groups in total. The number of aliphatic hydroxyl groups is 1. The molecule has 0 bridgehead atoms.